The van der Waals surface area contributed by atoms with Crippen LogP contribution in [0.1, 0.15) is 34.6 Å². The molecule has 0 aliphatic carbocycles. The number of pyridine rings is 1. The van der Waals surface area contributed by atoms with Crippen molar-refractivity contribution in [1.82, 2.24) is 10.3 Å². The SMILES string of the molecule is COC(=O)c1ccc(CN[C@@H](C)c2ccc(Br)cc2)nc1. The average molecular weight is 349 g/mol. The van der Waals surface area contributed by atoms with Crippen LogP contribution in [0, 0.1) is 0 Å². The lowest BCUT2D eigenvalue weighted by atomic mass is 10.1. The van der Waals surface area contributed by atoms with E-state index in [1.165, 1.54) is 18.9 Å². The van der Waals surface area contributed by atoms with Gasteiger partial charge in [0.1, 0.15) is 0 Å². The lowest BCUT2D eigenvalue weighted by molar-refractivity contribution is 0.0600. The van der Waals surface area contributed by atoms with E-state index in [0.29, 0.717) is 12.1 Å². The van der Waals surface area contributed by atoms with Gasteiger partial charge in [0.15, 0.2) is 0 Å². The summed E-state index contributed by atoms with van der Waals surface area (Å²) < 4.78 is 5.71. The molecule has 1 N–H and O–H groups in total. The third-order valence-corrected chi connectivity index (χ3v) is 3.73. The van der Waals surface area contributed by atoms with Crippen LogP contribution >= 0.6 is 15.9 Å². The van der Waals surface area contributed by atoms with Crippen LogP contribution in [0.25, 0.3) is 0 Å². The van der Waals surface area contributed by atoms with E-state index in [9.17, 15) is 4.79 Å². The molecule has 2 aromatic rings. The fourth-order valence-corrected chi connectivity index (χ4v) is 2.16. The third-order valence-electron chi connectivity index (χ3n) is 3.21. The number of methoxy groups -OCH3 is 1. The zero-order chi connectivity index (χ0) is 15.2. The number of hydrogen-bond acceptors (Lipinski definition) is 4. The number of nitrogens with zero attached hydrogens (tertiary/aromatic N) is 1. The Morgan fingerprint density at radius 2 is 2.00 bits per heavy atom. The van der Waals surface area contributed by atoms with Gasteiger partial charge >= 0.3 is 5.97 Å². The Hall–Kier alpha value is -1.72. The van der Waals surface area contributed by atoms with Gasteiger partial charge in [-0.2, -0.15) is 0 Å². The number of rotatable bonds is 5. The summed E-state index contributed by atoms with van der Waals surface area (Å²) in [6, 6.07) is 12.0. The zero-order valence-corrected chi connectivity index (χ0v) is 13.6. The van der Waals surface area contributed by atoms with Gasteiger partial charge in [0, 0.05) is 23.3 Å². The van der Waals surface area contributed by atoms with Crippen molar-refractivity contribution >= 4 is 21.9 Å². The molecule has 110 valence electrons. The second kappa shape index (κ2) is 7.33. The Morgan fingerprint density at radius 3 is 2.57 bits per heavy atom. The number of carbonyl (C=O) groups excluding carboxylic acids is 1. The molecule has 2 rings (SSSR count). The van der Waals surface area contributed by atoms with Gasteiger partial charge in [-0.3, -0.25) is 4.98 Å². The molecule has 21 heavy (non-hydrogen) atoms. The van der Waals surface area contributed by atoms with Gasteiger partial charge in [-0.15, -0.1) is 0 Å². The van der Waals surface area contributed by atoms with Crippen LogP contribution in [-0.2, 0) is 11.3 Å². The molecule has 0 spiro atoms. The van der Waals surface area contributed by atoms with Gasteiger partial charge in [-0.1, -0.05) is 28.1 Å². The maximum absolute atomic E-state index is 11.3. The minimum atomic E-state index is -0.370. The summed E-state index contributed by atoms with van der Waals surface area (Å²) >= 11 is 3.43. The average Bonchev–Trinajstić information content (AvgIpc) is 2.53. The van der Waals surface area contributed by atoms with Crippen molar-refractivity contribution in [2.24, 2.45) is 0 Å². The predicted octanol–water partition coefficient (Wildman–Crippen LogP) is 3.48. The quantitative estimate of drug-likeness (QED) is 0.840. The first-order valence-electron chi connectivity index (χ1n) is 6.62. The third kappa shape index (κ3) is 4.37. The fourth-order valence-electron chi connectivity index (χ4n) is 1.89. The normalized spacial score (nSPS) is 12.0. The molecule has 1 heterocycles. The zero-order valence-electron chi connectivity index (χ0n) is 12.0. The van der Waals surface area contributed by atoms with Crippen LogP contribution in [0.3, 0.4) is 0 Å². The number of carbonyl (C=O) groups is 1. The summed E-state index contributed by atoms with van der Waals surface area (Å²) in [4.78, 5) is 15.6. The lowest BCUT2D eigenvalue weighted by Crippen LogP contribution is -2.18. The van der Waals surface area contributed by atoms with Gasteiger partial charge in [-0.05, 0) is 36.8 Å². The molecule has 1 aromatic heterocycles. The second-order valence-corrected chi connectivity index (χ2v) is 5.60. The lowest BCUT2D eigenvalue weighted by Gasteiger charge is -2.14. The molecule has 4 nitrogen and oxygen atoms in total. The first kappa shape index (κ1) is 15.7. The maximum atomic E-state index is 11.3. The van der Waals surface area contributed by atoms with E-state index in [0.717, 1.165) is 10.2 Å². The Morgan fingerprint density at radius 1 is 1.29 bits per heavy atom. The summed E-state index contributed by atoms with van der Waals surface area (Å²) in [6.45, 7) is 2.74. The van der Waals surface area contributed by atoms with Crippen LogP contribution in [0.2, 0.25) is 0 Å². The Labute approximate surface area is 132 Å². The highest BCUT2D eigenvalue weighted by Crippen LogP contribution is 2.16. The number of esters is 1. The van der Waals surface area contributed by atoms with E-state index in [1.54, 1.807) is 6.07 Å². The van der Waals surface area contributed by atoms with Crippen molar-refractivity contribution in [3.8, 4) is 0 Å². The summed E-state index contributed by atoms with van der Waals surface area (Å²) in [5.41, 5.74) is 2.55. The van der Waals surface area contributed by atoms with Crippen molar-refractivity contribution in [2.45, 2.75) is 19.5 Å². The van der Waals surface area contributed by atoms with Crippen LogP contribution in [0.4, 0.5) is 0 Å². The molecule has 0 bridgehead atoms. The molecular weight excluding hydrogens is 332 g/mol. The first-order chi connectivity index (χ1) is 10.1. The van der Waals surface area contributed by atoms with Gasteiger partial charge in [-0.25, -0.2) is 4.79 Å². The molecule has 5 heteroatoms. The van der Waals surface area contributed by atoms with Crippen LogP contribution in [0.5, 0.6) is 0 Å². The number of hydrogen-bond donors (Lipinski definition) is 1. The van der Waals surface area contributed by atoms with Gasteiger partial charge in [0.25, 0.3) is 0 Å². The monoisotopic (exact) mass is 348 g/mol. The highest BCUT2D eigenvalue weighted by Gasteiger charge is 2.07. The Bertz CT molecular complexity index is 597. The van der Waals surface area contributed by atoms with Gasteiger partial charge < -0.3 is 10.1 Å². The molecule has 0 radical (unpaired) electrons. The topological polar surface area (TPSA) is 51.2 Å². The molecular formula is C16H17BrN2O2. The number of halogens is 1. The number of aromatic nitrogens is 1. The molecule has 1 atom stereocenters. The molecule has 0 aliphatic heterocycles. The Balaban J connectivity index is 1.93. The van der Waals surface area contributed by atoms with Crippen molar-refractivity contribution in [3.63, 3.8) is 0 Å². The minimum Gasteiger partial charge on any atom is -0.465 e. The van der Waals surface area contributed by atoms with Crippen molar-refractivity contribution in [3.05, 3.63) is 63.9 Å². The summed E-state index contributed by atoms with van der Waals surface area (Å²) in [6.07, 6.45) is 1.53. The first-order valence-corrected chi connectivity index (χ1v) is 7.41. The predicted molar refractivity (Wildman–Crippen MR) is 85.0 cm³/mol. The number of benzene rings is 1. The van der Waals surface area contributed by atoms with E-state index in [4.69, 9.17) is 0 Å². The van der Waals surface area contributed by atoms with Crippen molar-refractivity contribution < 1.29 is 9.53 Å². The molecule has 0 fully saturated rings. The fraction of sp³-hybridized carbons (Fsp3) is 0.250. The molecule has 0 saturated carbocycles. The van der Waals surface area contributed by atoms with E-state index in [1.807, 2.05) is 18.2 Å². The van der Waals surface area contributed by atoms with E-state index < -0.39 is 0 Å². The van der Waals surface area contributed by atoms with Crippen LogP contribution < -0.4 is 5.32 Å². The highest BCUT2D eigenvalue weighted by molar-refractivity contribution is 9.10. The summed E-state index contributed by atoms with van der Waals surface area (Å²) in [7, 11) is 1.36. The second-order valence-electron chi connectivity index (χ2n) is 4.68. The van der Waals surface area contributed by atoms with Gasteiger partial charge in [0.2, 0.25) is 0 Å². The molecule has 1 aromatic carbocycles. The number of nitrogens with one attached hydrogen (secondary N) is 1. The van der Waals surface area contributed by atoms with Crippen molar-refractivity contribution in [1.29, 1.82) is 0 Å². The maximum Gasteiger partial charge on any atom is 0.339 e. The standard InChI is InChI=1S/C16H17BrN2O2/c1-11(12-3-6-14(17)7-4-12)18-10-15-8-5-13(9-19-15)16(20)21-2/h3-9,11,18H,10H2,1-2H3/t11-/m0/s1. The largest absolute Gasteiger partial charge is 0.465 e. The Kier molecular flexibility index (Phi) is 5.47. The van der Waals surface area contributed by atoms with Gasteiger partial charge in [0.05, 0.1) is 18.4 Å². The van der Waals surface area contributed by atoms with E-state index in [2.05, 4.69) is 50.0 Å². The summed E-state index contributed by atoms with van der Waals surface area (Å²) in [5, 5.41) is 3.40. The smallest absolute Gasteiger partial charge is 0.339 e. The highest BCUT2D eigenvalue weighted by atomic mass is 79.9. The number of ether oxygens (including phenoxy) is 1. The molecule has 0 unspecified atom stereocenters. The molecule has 0 aliphatic rings. The van der Waals surface area contributed by atoms with E-state index in [-0.39, 0.29) is 12.0 Å². The van der Waals surface area contributed by atoms with Crippen LogP contribution in [0.15, 0.2) is 47.1 Å². The van der Waals surface area contributed by atoms with Crippen molar-refractivity contribution in [2.75, 3.05) is 7.11 Å². The van der Waals surface area contributed by atoms with E-state index >= 15 is 0 Å². The van der Waals surface area contributed by atoms with Crippen LogP contribution in [-0.4, -0.2) is 18.1 Å². The molecule has 0 saturated heterocycles. The minimum absolute atomic E-state index is 0.222. The molecule has 0 amide bonds. The summed E-state index contributed by atoms with van der Waals surface area (Å²) in [5.74, 6) is -0.370.